The lowest BCUT2D eigenvalue weighted by molar-refractivity contribution is -0.0434. The van der Waals surface area contributed by atoms with Crippen LogP contribution in [0, 0.1) is 0 Å². The van der Waals surface area contributed by atoms with Gasteiger partial charge in [0.15, 0.2) is 0 Å². The second-order valence-corrected chi connectivity index (χ2v) is 7.22. The zero-order chi connectivity index (χ0) is 19.4. The number of hydrogen-bond acceptors (Lipinski definition) is 2. The number of para-hydroxylation sites is 2. The van der Waals surface area contributed by atoms with Crippen molar-refractivity contribution in [2.75, 3.05) is 24.1 Å². The number of alkyl halides is 2. The number of guanidine groups is 1. The molecule has 0 radical (unpaired) electrons. The van der Waals surface area contributed by atoms with Crippen LogP contribution in [0.1, 0.15) is 23.2 Å². The molecule has 0 unspecified atom stereocenters. The number of nitrogens with zero attached hydrogens (tertiary/aromatic N) is 2. The van der Waals surface area contributed by atoms with Gasteiger partial charge in [-0.05, 0) is 36.4 Å². The van der Waals surface area contributed by atoms with Crippen molar-refractivity contribution in [1.29, 1.82) is 0 Å². The van der Waals surface area contributed by atoms with Crippen LogP contribution in [0.2, 0.25) is 0 Å². The highest BCUT2D eigenvalue weighted by atomic mass is 79.9. The Morgan fingerprint density at radius 2 is 1.74 bits per heavy atom. The van der Waals surface area contributed by atoms with Crippen LogP contribution in [0.3, 0.4) is 0 Å². The van der Waals surface area contributed by atoms with Crippen molar-refractivity contribution in [3.8, 4) is 0 Å². The molecule has 0 aliphatic carbocycles. The maximum atomic E-state index is 13.5. The summed E-state index contributed by atoms with van der Waals surface area (Å²) in [6.45, 7) is 0.193. The zero-order valence-corrected chi connectivity index (χ0v) is 16.0. The molecule has 1 aliphatic heterocycles. The molecule has 0 spiro atoms. The maximum Gasteiger partial charge on any atom is 0.280 e. The van der Waals surface area contributed by atoms with Crippen LogP contribution in [0.5, 0.6) is 0 Å². The van der Waals surface area contributed by atoms with Gasteiger partial charge in [0.05, 0.1) is 11.4 Å². The smallest absolute Gasteiger partial charge is 0.280 e. The second-order valence-electron chi connectivity index (χ2n) is 6.30. The largest absolute Gasteiger partial charge is 0.397 e. The van der Waals surface area contributed by atoms with E-state index in [0.717, 1.165) is 4.47 Å². The Bertz CT molecular complexity index is 845. The summed E-state index contributed by atoms with van der Waals surface area (Å²) in [6.07, 6.45) is -0.575. The normalized spacial score (nSPS) is 16.9. The van der Waals surface area contributed by atoms with E-state index < -0.39 is 11.8 Å². The molecule has 1 amide bonds. The molecule has 2 aromatic carbocycles. The van der Waals surface area contributed by atoms with Gasteiger partial charge in [-0.1, -0.05) is 28.1 Å². The van der Waals surface area contributed by atoms with Crippen molar-refractivity contribution in [2.45, 2.75) is 18.8 Å². The fourth-order valence-corrected chi connectivity index (χ4v) is 2.97. The molecule has 0 aromatic heterocycles. The third kappa shape index (κ3) is 5.03. The van der Waals surface area contributed by atoms with Gasteiger partial charge in [0.25, 0.3) is 11.8 Å². The number of hydrogen-bond donors (Lipinski definition) is 2. The molecule has 2 aromatic rings. The lowest BCUT2D eigenvalue weighted by Crippen LogP contribution is -2.45. The SMILES string of the molecule is Nc1ccccc1N/C(=N\C(=O)c1ccc(Br)cc1)N1CCC(F)(F)CC1. The maximum absolute atomic E-state index is 13.5. The number of benzene rings is 2. The van der Waals surface area contributed by atoms with Crippen LogP contribution in [-0.4, -0.2) is 35.8 Å². The van der Waals surface area contributed by atoms with Crippen LogP contribution in [0.15, 0.2) is 58.0 Å². The highest BCUT2D eigenvalue weighted by Gasteiger charge is 2.35. The number of carbonyl (C=O) groups is 1. The van der Waals surface area contributed by atoms with E-state index in [1.54, 1.807) is 53.4 Å². The van der Waals surface area contributed by atoms with Crippen molar-refractivity contribution in [1.82, 2.24) is 4.90 Å². The number of nitrogens with two attached hydrogens (primary N) is 1. The van der Waals surface area contributed by atoms with Crippen molar-refractivity contribution in [3.63, 3.8) is 0 Å². The lowest BCUT2D eigenvalue weighted by atomic mass is 10.1. The molecular formula is C19H19BrF2N4O. The van der Waals surface area contributed by atoms with Gasteiger partial charge in [0.1, 0.15) is 0 Å². The number of likely N-dealkylation sites (tertiary alicyclic amines) is 1. The van der Waals surface area contributed by atoms with E-state index in [1.165, 1.54) is 0 Å². The molecule has 27 heavy (non-hydrogen) atoms. The molecule has 1 heterocycles. The Balaban J connectivity index is 1.88. The first-order valence-corrected chi connectivity index (χ1v) is 9.26. The Morgan fingerprint density at radius 3 is 2.37 bits per heavy atom. The summed E-state index contributed by atoms with van der Waals surface area (Å²) >= 11 is 3.32. The van der Waals surface area contributed by atoms with Crippen molar-refractivity contribution < 1.29 is 13.6 Å². The first kappa shape index (κ1) is 19.3. The summed E-state index contributed by atoms with van der Waals surface area (Å²) in [6, 6.07) is 13.8. The number of nitrogens with one attached hydrogen (secondary N) is 1. The second kappa shape index (κ2) is 8.04. The predicted octanol–water partition coefficient (Wildman–Crippen LogP) is 4.37. The van der Waals surface area contributed by atoms with E-state index in [-0.39, 0.29) is 31.9 Å². The molecule has 0 saturated carbocycles. The molecule has 0 atom stereocenters. The van der Waals surface area contributed by atoms with Crippen LogP contribution >= 0.6 is 15.9 Å². The minimum Gasteiger partial charge on any atom is -0.397 e. The van der Waals surface area contributed by atoms with E-state index in [4.69, 9.17) is 5.73 Å². The fourth-order valence-electron chi connectivity index (χ4n) is 2.71. The Morgan fingerprint density at radius 1 is 1.11 bits per heavy atom. The van der Waals surface area contributed by atoms with Crippen LogP contribution in [-0.2, 0) is 0 Å². The third-order valence-electron chi connectivity index (χ3n) is 4.30. The number of anilines is 2. The summed E-state index contributed by atoms with van der Waals surface area (Å²) in [5, 5.41) is 3.03. The van der Waals surface area contributed by atoms with Crippen LogP contribution < -0.4 is 11.1 Å². The molecule has 1 aliphatic rings. The summed E-state index contributed by atoms with van der Waals surface area (Å²) in [7, 11) is 0. The summed E-state index contributed by atoms with van der Waals surface area (Å²) in [4.78, 5) is 18.4. The van der Waals surface area contributed by atoms with Gasteiger partial charge in [-0.3, -0.25) is 4.79 Å². The third-order valence-corrected chi connectivity index (χ3v) is 4.83. The summed E-state index contributed by atoms with van der Waals surface area (Å²) < 4.78 is 27.9. The quantitative estimate of drug-likeness (QED) is 0.416. The molecule has 0 bridgehead atoms. The average Bonchev–Trinajstić information content (AvgIpc) is 2.63. The van der Waals surface area contributed by atoms with E-state index in [1.807, 2.05) is 0 Å². The number of aliphatic imine (C=N–C) groups is 1. The number of rotatable bonds is 2. The molecule has 142 valence electrons. The van der Waals surface area contributed by atoms with E-state index >= 15 is 0 Å². The molecule has 3 N–H and O–H groups in total. The Kier molecular flexibility index (Phi) is 5.74. The van der Waals surface area contributed by atoms with Gasteiger partial charge in [-0.15, -0.1) is 0 Å². The van der Waals surface area contributed by atoms with Gasteiger partial charge < -0.3 is 16.0 Å². The minimum absolute atomic E-state index is 0.0964. The fraction of sp³-hybridized carbons (Fsp3) is 0.263. The van der Waals surface area contributed by atoms with Crippen molar-refractivity contribution >= 4 is 39.2 Å². The number of piperidine rings is 1. The first-order chi connectivity index (χ1) is 12.8. The van der Waals surface area contributed by atoms with Gasteiger partial charge in [-0.2, -0.15) is 4.99 Å². The van der Waals surface area contributed by atoms with Crippen LogP contribution in [0.4, 0.5) is 20.2 Å². The Labute approximate surface area is 164 Å². The van der Waals surface area contributed by atoms with Gasteiger partial charge in [-0.25, -0.2) is 8.78 Å². The molecule has 1 saturated heterocycles. The number of nitrogen functional groups attached to an aromatic ring is 1. The first-order valence-electron chi connectivity index (χ1n) is 8.47. The van der Waals surface area contributed by atoms with E-state index in [2.05, 4.69) is 26.2 Å². The van der Waals surface area contributed by atoms with E-state index in [0.29, 0.717) is 16.9 Å². The number of amides is 1. The van der Waals surface area contributed by atoms with Gasteiger partial charge >= 0.3 is 0 Å². The number of carbonyl (C=O) groups excluding carboxylic acids is 1. The highest BCUT2D eigenvalue weighted by Crippen LogP contribution is 2.28. The molecule has 5 nitrogen and oxygen atoms in total. The minimum atomic E-state index is -2.69. The topological polar surface area (TPSA) is 70.7 Å². The average molecular weight is 437 g/mol. The molecule has 3 rings (SSSR count). The lowest BCUT2D eigenvalue weighted by Gasteiger charge is -2.34. The van der Waals surface area contributed by atoms with Crippen LogP contribution in [0.25, 0.3) is 0 Å². The molecule has 8 heteroatoms. The highest BCUT2D eigenvalue weighted by molar-refractivity contribution is 9.10. The Hall–Kier alpha value is -2.48. The standard InChI is InChI=1S/C19H19BrF2N4O/c20-14-7-5-13(6-8-14)17(27)25-18(24-16-4-2-1-3-15(16)23)26-11-9-19(21,22)10-12-26/h1-8H,9-12,23H2,(H,24,25,27). The zero-order valence-electron chi connectivity index (χ0n) is 14.5. The molecule has 1 fully saturated rings. The van der Waals surface area contributed by atoms with Crippen molar-refractivity contribution in [3.05, 3.63) is 58.6 Å². The molecular weight excluding hydrogens is 418 g/mol. The van der Waals surface area contributed by atoms with E-state index in [9.17, 15) is 13.6 Å². The predicted molar refractivity (Wildman–Crippen MR) is 106 cm³/mol. The van der Waals surface area contributed by atoms with Crippen molar-refractivity contribution in [2.24, 2.45) is 4.99 Å². The summed E-state index contributed by atoms with van der Waals surface area (Å²) in [5.74, 6) is -2.93. The van der Waals surface area contributed by atoms with Gasteiger partial charge in [0, 0.05) is 36.0 Å². The monoisotopic (exact) mass is 436 g/mol. The summed E-state index contributed by atoms with van der Waals surface area (Å²) in [5.41, 5.74) is 7.40. The van der Waals surface area contributed by atoms with Gasteiger partial charge in [0.2, 0.25) is 5.96 Å². The number of halogens is 3.